The van der Waals surface area contributed by atoms with Crippen molar-refractivity contribution in [2.45, 2.75) is 75.7 Å². The van der Waals surface area contributed by atoms with E-state index in [2.05, 4.69) is 21.5 Å². The number of imidazole rings is 1. The van der Waals surface area contributed by atoms with Gasteiger partial charge in [0.1, 0.15) is 4.90 Å². The molecule has 0 radical (unpaired) electrons. The van der Waals surface area contributed by atoms with E-state index >= 15 is 0 Å². The van der Waals surface area contributed by atoms with Gasteiger partial charge in [0.15, 0.2) is 10.9 Å². The number of alkyl halides is 2. The van der Waals surface area contributed by atoms with E-state index in [9.17, 15) is 17.2 Å². The lowest BCUT2D eigenvalue weighted by atomic mass is 9.74. The van der Waals surface area contributed by atoms with Crippen molar-refractivity contribution in [3.05, 3.63) is 24.3 Å². The Morgan fingerprint density at radius 2 is 2.03 bits per heavy atom. The van der Waals surface area contributed by atoms with Crippen LogP contribution < -0.4 is 9.62 Å². The van der Waals surface area contributed by atoms with Crippen LogP contribution in [0.3, 0.4) is 0 Å². The Bertz CT molecular complexity index is 1430. The van der Waals surface area contributed by atoms with Crippen LogP contribution in [0, 0.1) is 5.41 Å². The fourth-order valence-electron chi connectivity index (χ4n) is 5.59. The van der Waals surface area contributed by atoms with E-state index in [1.165, 1.54) is 2.84 Å². The molecule has 1 aliphatic carbocycles. The Kier molecular flexibility index (Phi) is 6.90. The number of fused-ring (bicyclic) bond motifs is 1. The third-order valence-electron chi connectivity index (χ3n) is 7.97. The van der Waals surface area contributed by atoms with Crippen molar-refractivity contribution >= 4 is 61.9 Å². The van der Waals surface area contributed by atoms with Gasteiger partial charge in [0.25, 0.3) is 0 Å². The lowest BCUT2D eigenvalue weighted by Gasteiger charge is -2.43. The van der Waals surface area contributed by atoms with Gasteiger partial charge >= 0.3 is 6.61 Å². The maximum absolute atomic E-state index is 13.5. The molecular formula is C24H30F2IN5O4S2. The highest BCUT2D eigenvalue weighted by Gasteiger charge is 2.51. The molecule has 3 aliphatic heterocycles. The molecule has 1 saturated carbocycles. The van der Waals surface area contributed by atoms with Crippen LogP contribution in [0.15, 0.2) is 26.6 Å². The lowest BCUT2D eigenvalue weighted by molar-refractivity contribution is -0.195. The smallest absolute Gasteiger partial charge is 0.345 e. The molecule has 2 saturated heterocycles. The number of pyridine rings is 1. The van der Waals surface area contributed by atoms with Crippen molar-refractivity contribution in [1.29, 1.82) is 0 Å². The van der Waals surface area contributed by atoms with Crippen LogP contribution in [0.5, 0.6) is 0 Å². The lowest BCUT2D eigenvalue weighted by Crippen LogP contribution is -2.48. The summed E-state index contributed by atoms with van der Waals surface area (Å²) in [6.45, 7) is 4.37. The second-order valence-corrected chi connectivity index (χ2v) is 17.0. The van der Waals surface area contributed by atoms with Gasteiger partial charge in [0.05, 0.1) is 36.2 Å². The highest BCUT2D eigenvalue weighted by molar-refractivity contribution is 14.2. The van der Waals surface area contributed by atoms with Crippen LogP contribution in [0.25, 0.3) is 5.52 Å². The van der Waals surface area contributed by atoms with Crippen molar-refractivity contribution in [1.82, 2.24) is 14.1 Å². The minimum Gasteiger partial charge on any atom is -0.375 e. The SMILES string of the molecule is CC1=IN=C(c2ncc3c(N4CCC5(CC4)CO[C@@H](C)C5OC(F)F)cc(S(=O)(=O)NC4(C)CC4)cn23)S1. The van der Waals surface area contributed by atoms with Crippen molar-refractivity contribution in [2.75, 3.05) is 24.6 Å². The molecule has 2 atom stereocenters. The molecule has 0 aromatic carbocycles. The van der Waals surface area contributed by atoms with Crippen molar-refractivity contribution < 1.29 is 26.7 Å². The molecule has 5 heterocycles. The topological polar surface area (TPSA) is 97.5 Å². The zero-order valence-electron chi connectivity index (χ0n) is 21.3. The molecule has 2 aromatic rings. The standard InChI is InChI=1S/C24H30F2IN5O4S2/c1-14-19(36-22(25)26)24(13-35-14)6-8-31(9-7-24)17-10-16(38(33,34)30-23(3)4-5-23)12-32-18(17)11-28-20(32)21-29-27-15(2)37-21/h10-12,14,19,22,30H,4-9,13H2,1-3H3/t14-,19?/m0/s1. The maximum Gasteiger partial charge on any atom is 0.345 e. The van der Waals surface area contributed by atoms with Gasteiger partial charge in [-0.05, 0) is 52.5 Å². The van der Waals surface area contributed by atoms with Gasteiger partial charge in [-0.3, -0.25) is 4.40 Å². The zero-order valence-corrected chi connectivity index (χ0v) is 25.1. The van der Waals surface area contributed by atoms with E-state index in [-0.39, 0.29) is 4.90 Å². The van der Waals surface area contributed by atoms with E-state index in [0.717, 1.165) is 29.1 Å². The molecule has 3 fully saturated rings. The second kappa shape index (κ2) is 9.72. The quantitative estimate of drug-likeness (QED) is 0.436. The largest absolute Gasteiger partial charge is 0.375 e. The molecule has 1 N–H and O–H groups in total. The van der Waals surface area contributed by atoms with Crippen molar-refractivity contribution in [2.24, 2.45) is 8.62 Å². The van der Waals surface area contributed by atoms with Gasteiger partial charge in [0.2, 0.25) is 10.0 Å². The van der Waals surface area contributed by atoms with Crippen LogP contribution >= 0.6 is 32.8 Å². The Balaban J connectivity index is 1.36. The molecule has 6 rings (SSSR count). The molecule has 4 aliphatic rings. The first kappa shape index (κ1) is 27.0. The number of halogens is 3. The summed E-state index contributed by atoms with van der Waals surface area (Å²) in [5.74, 6) is 0.634. The molecule has 2 aromatic heterocycles. The van der Waals surface area contributed by atoms with E-state index in [1.807, 2.05) is 11.3 Å². The number of thioether (sulfide) groups is 1. The molecule has 0 bridgehead atoms. The Morgan fingerprint density at radius 1 is 1.29 bits per heavy atom. The summed E-state index contributed by atoms with van der Waals surface area (Å²) in [6.07, 6.45) is 5.11. The van der Waals surface area contributed by atoms with Gasteiger partial charge in [-0.25, -0.2) is 21.3 Å². The summed E-state index contributed by atoms with van der Waals surface area (Å²) in [6, 6.07) is 1.71. The van der Waals surface area contributed by atoms with Crippen molar-refractivity contribution in [3.8, 4) is 0 Å². The summed E-state index contributed by atoms with van der Waals surface area (Å²) >= 11 is 1.18. The number of hydrogen-bond donors (Lipinski definition) is 1. The number of ether oxygens (including phenoxy) is 2. The van der Waals surface area contributed by atoms with E-state index in [0.29, 0.717) is 38.4 Å². The van der Waals surface area contributed by atoms with Crippen LogP contribution in [0.4, 0.5) is 14.5 Å². The normalized spacial score (nSPS) is 26.6. The second-order valence-electron chi connectivity index (χ2n) is 10.8. The molecule has 1 unspecified atom stereocenters. The van der Waals surface area contributed by atoms with E-state index in [1.54, 1.807) is 37.1 Å². The molecule has 9 nitrogen and oxygen atoms in total. The maximum atomic E-state index is 13.5. The van der Waals surface area contributed by atoms with Gasteiger partial charge in [0, 0.05) is 54.1 Å². The molecule has 208 valence electrons. The summed E-state index contributed by atoms with van der Waals surface area (Å²) in [4.78, 5) is 6.95. The Labute approximate surface area is 234 Å². The summed E-state index contributed by atoms with van der Waals surface area (Å²) < 4.78 is 74.7. The molecular weight excluding hydrogens is 651 g/mol. The molecule has 14 heteroatoms. The third kappa shape index (κ3) is 4.93. The summed E-state index contributed by atoms with van der Waals surface area (Å²) in [5, 5.41) is 0.805. The highest BCUT2D eigenvalue weighted by atomic mass is 127. The zero-order chi connectivity index (χ0) is 26.9. The first-order valence-electron chi connectivity index (χ1n) is 12.6. The van der Waals surface area contributed by atoms with Gasteiger partial charge in [-0.2, -0.15) is 8.78 Å². The van der Waals surface area contributed by atoms with Crippen LogP contribution in [0.2, 0.25) is 0 Å². The number of sulfonamides is 1. The molecule has 38 heavy (non-hydrogen) atoms. The Hall–Kier alpha value is -1.20. The summed E-state index contributed by atoms with van der Waals surface area (Å²) in [7, 11) is -3.78. The van der Waals surface area contributed by atoms with Crippen LogP contribution in [0.1, 0.15) is 52.3 Å². The fraction of sp³-hybridized carbons (Fsp3) is 0.625. The van der Waals surface area contributed by atoms with Gasteiger partial charge < -0.3 is 14.4 Å². The third-order valence-corrected chi connectivity index (χ3v) is 13.2. The number of hydrogen-bond acceptors (Lipinski definition) is 8. The van der Waals surface area contributed by atoms with Crippen LogP contribution in [-0.2, 0) is 19.5 Å². The predicted octanol–water partition coefficient (Wildman–Crippen LogP) is 4.31. The minimum absolute atomic E-state index is 0.170. The van der Waals surface area contributed by atoms with Gasteiger partial charge in [-0.15, -0.1) is 0 Å². The van der Waals surface area contributed by atoms with Gasteiger partial charge in [-0.1, -0.05) is 11.8 Å². The summed E-state index contributed by atoms with van der Waals surface area (Å²) in [5.41, 5.74) is 0.630. The number of nitrogens with one attached hydrogen (secondary N) is 1. The predicted molar refractivity (Wildman–Crippen MR) is 152 cm³/mol. The molecule has 0 amide bonds. The first-order chi connectivity index (χ1) is 18.0. The average Bonchev–Trinajstić information content (AvgIpc) is 3.17. The van der Waals surface area contributed by atoms with E-state index < -0.39 is 60.8 Å². The van der Waals surface area contributed by atoms with Crippen molar-refractivity contribution in [3.63, 3.8) is 0 Å². The number of rotatable bonds is 7. The fourth-order valence-corrected chi connectivity index (χ4v) is 10.1. The van der Waals surface area contributed by atoms with E-state index in [4.69, 9.17) is 12.7 Å². The first-order valence-corrected chi connectivity index (χ1v) is 16.9. The Morgan fingerprint density at radius 3 is 2.66 bits per heavy atom. The molecule has 1 spiro atoms. The minimum atomic E-state index is -3.78. The number of aromatic nitrogens is 2. The average molecular weight is 682 g/mol. The number of nitrogens with zero attached hydrogens (tertiary/aromatic N) is 4. The number of piperidine rings is 1. The van der Waals surface area contributed by atoms with Crippen LogP contribution in [-0.4, -0.2) is 69.7 Å². The monoisotopic (exact) mass is 681 g/mol. The highest BCUT2D eigenvalue weighted by Crippen LogP contribution is 2.46. The number of anilines is 1.